The number of hydrogen-bond donors (Lipinski definition) is 2. The minimum Gasteiger partial charge on any atom is -0.338 e. The van der Waals surface area contributed by atoms with E-state index >= 15 is 0 Å². The molecule has 1 saturated heterocycles. The summed E-state index contributed by atoms with van der Waals surface area (Å²) in [5.74, 6) is 0.670. The minimum absolute atomic E-state index is 0. The number of hydrogen-bond acceptors (Lipinski definition) is 4. The van der Waals surface area contributed by atoms with Crippen molar-refractivity contribution >= 4 is 29.3 Å². The van der Waals surface area contributed by atoms with Crippen LogP contribution in [0.3, 0.4) is 0 Å². The molecule has 3 rings (SSSR count). The molecule has 0 radical (unpaired) electrons. The van der Waals surface area contributed by atoms with Gasteiger partial charge in [0.1, 0.15) is 0 Å². The number of rotatable bonds is 3. The van der Waals surface area contributed by atoms with Gasteiger partial charge in [-0.05, 0) is 43.7 Å². The molecule has 3 N–H and O–H groups in total. The zero-order valence-corrected chi connectivity index (χ0v) is 16.7. The van der Waals surface area contributed by atoms with E-state index in [-0.39, 0.29) is 36.3 Å². The molecular weight excluding hydrogens is 354 g/mol. The quantitative estimate of drug-likeness (QED) is 0.840. The molecule has 1 amide bonds. The molecule has 2 aromatic heterocycles. The highest BCUT2D eigenvalue weighted by atomic mass is 35.5. The zero-order chi connectivity index (χ0) is 18.3. The summed E-state index contributed by atoms with van der Waals surface area (Å²) in [6, 6.07) is 0.105. The van der Waals surface area contributed by atoms with Crippen molar-refractivity contribution in [1.82, 2.24) is 19.7 Å². The lowest BCUT2D eigenvalue weighted by Crippen LogP contribution is -2.49. The van der Waals surface area contributed by atoms with E-state index in [0.717, 1.165) is 36.2 Å². The van der Waals surface area contributed by atoms with Crippen LogP contribution >= 0.6 is 12.4 Å². The molecule has 0 bridgehead atoms. The first-order valence-corrected chi connectivity index (χ1v) is 8.87. The number of nitrogens with two attached hydrogens (primary N) is 1. The molecule has 144 valence electrons. The number of pyridine rings is 1. The van der Waals surface area contributed by atoms with Crippen molar-refractivity contribution in [2.75, 3.05) is 13.1 Å². The second kappa shape index (κ2) is 7.80. The Morgan fingerprint density at radius 1 is 1.38 bits per heavy atom. The van der Waals surface area contributed by atoms with Crippen LogP contribution in [0, 0.1) is 19.8 Å². The third-order valence-corrected chi connectivity index (χ3v) is 5.47. The zero-order valence-electron chi connectivity index (χ0n) is 15.8. The first kappa shape index (κ1) is 20.5. The van der Waals surface area contributed by atoms with Crippen LogP contribution in [0.2, 0.25) is 0 Å². The summed E-state index contributed by atoms with van der Waals surface area (Å²) in [7, 11) is 1.77. The van der Waals surface area contributed by atoms with Crippen molar-refractivity contribution in [1.29, 1.82) is 0 Å². The standard InChI is InChI=1S/C18H27N5O2.ClH/c1-10-5-6-23(13(7-10)9-19)15(24)8-14-11(2)16-17(20-12(14)3)22(4)21-18(16)25;/h10,13H,5-9,19H2,1-4H3,(H,21,25);1H. The Hall–Kier alpha value is -1.86. The number of aromatic nitrogens is 3. The van der Waals surface area contributed by atoms with Crippen LogP contribution in [0.15, 0.2) is 4.79 Å². The van der Waals surface area contributed by atoms with Crippen molar-refractivity contribution in [2.45, 2.75) is 46.1 Å². The second-order valence-electron chi connectivity index (χ2n) is 7.28. The van der Waals surface area contributed by atoms with Gasteiger partial charge in [0, 0.05) is 31.9 Å². The summed E-state index contributed by atoms with van der Waals surface area (Å²) >= 11 is 0. The number of carbonyl (C=O) groups is 1. The lowest BCUT2D eigenvalue weighted by atomic mass is 9.91. The van der Waals surface area contributed by atoms with Gasteiger partial charge in [-0.25, -0.2) is 4.98 Å². The summed E-state index contributed by atoms with van der Waals surface area (Å²) in [5.41, 5.74) is 8.84. The highest BCUT2D eigenvalue weighted by Gasteiger charge is 2.29. The van der Waals surface area contributed by atoms with Gasteiger partial charge in [0.15, 0.2) is 5.65 Å². The molecule has 2 atom stereocenters. The fourth-order valence-corrected chi connectivity index (χ4v) is 3.96. The van der Waals surface area contributed by atoms with E-state index < -0.39 is 0 Å². The third kappa shape index (κ3) is 3.50. The van der Waals surface area contributed by atoms with Crippen LogP contribution < -0.4 is 11.3 Å². The van der Waals surface area contributed by atoms with Gasteiger partial charge in [0.2, 0.25) is 5.91 Å². The maximum atomic E-state index is 12.9. The molecule has 0 spiro atoms. The molecular formula is C18H28ClN5O2. The highest BCUT2D eigenvalue weighted by Crippen LogP contribution is 2.25. The van der Waals surface area contributed by atoms with Crippen molar-refractivity contribution in [3.63, 3.8) is 0 Å². The Morgan fingerprint density at radius 2 is 2.08 bits per heavy atom. The third-order valence-electron chi connectivity index (χ3n) is 5.47. The molecule has 1 fully saturated rings. The number of piperidine rings is 1. The highest BCUT2D eigenvalue weighted by molar-refractivity contribution is 5.85. The molecule has 0 aliphatic carbocycles. The monoisotopic (exact) mass is 381 g/mol. The molecule has 8 heteroatoms. The molecule has 26 heavy (non-hydrogen) atoms. The maximum Gasteiger partial charge on any atom is 0.273 e. The number of nitrogens with one attached hydrogen (secondary N) is 1. The Kier molecular flexibility index (Phi) is 6.13. The van der Waals surface area contributed by atoms with Gasteiger partial charge in [0.05, 0.1) is 11.8 Å². The Morgan fingerprint density at radius 3 is 2.73 bits per heavy atom. The van der Waals surface area contributed by atoms with Crippen molar-refractivity contribution in [3.05, 3.63) is 27.2 Å². The van der Waals surface area contributed by atoms with Gasteiger partial charge in [-0.15, -0.1) is 12.4 Å². The lowest BCUT2D eigenvalue weighted by molar-refractivity contribution is -0.134. The number of aryl methyl sites for hydroxylation is 3. The van der Waals surface area contributed by atoms with E-state index in [4.69, 9.17) is 5.73 Å². The summed E-state index contributed by atoms with van der Waals surface area (Å²) in [6.07, 6.45) is 2.23. The molecule has 1 aliphatic heterocycles. The predicted molar refractivity (Wildman–Crippen MR) is 105 cm³/mol. The smallest absolute Gasteiger partial charge is 0.273 e. The lowest BCUT2D eigenvalue weighted by Gasteiger charge is -2.38. The summed E-state index contributed by atoms with van der Waals surface area (Å²) in [4.78, 5) is 31.6. The van der Waals surface area contributed by atoms with Gasteiger partial charge in [0.25, 0.3) is 5.56 Å². The normalized spacial score (nSPS) is 20.3. The van der Waals surface area contributed by atoms with E-state index in [2.05, 4.69) is 17.0 Å². The van der Waals surface area contributed by atoms with Crippen LogP contribution in [0.25, 0.3) is 11.0 Å². The molecule has 2 unspecified atom stereocenters. The number of fused-ring (bicyclic) bond motifs is 1. The van der Waals surface area contributed by atoms with Crippen LogP contribution in [-0.2, 0) is 18.3 Å². The fraction of sp³-hybridized carbons (Fsp3) is 0.611. The molecule has 1 aliphatic rings. The number of carbonyl (C=O) groups excluding carboxylic acids is 1. The maximum absolute atomic E-state index is 12.9. The largest absolute Gasteiger partial charge is 0.338 e. The predicted octanol–water partition coefficient (Wildman–Crippen LogP) is 1.43. The number of likely N-dealkylation sites (tertiary alicyclic amines) is 1. The molecule has 3 heterocycles. The van der Waals surface area contributed by atoms with E-state index in [0.29, 0.717) is 23.5 Å². The van der Waals surface area contributed by atoms with Crippen LogP contribution in [-0.4, -0.2) is 44.7 Å². The Labute approximate surface area is 159 Å². The number of halogens is 1. The summed E-state index contributed by atoms with van der Waals surface area (Å²) in [6.45, 7) is 7.24. The number of H-pyrrole nitrogens is 1. The van der Waals surface area contributed by atoms with Gasteiger partial charge < -0.3 is 10.6 Å². The fourth-order valence-electron chi connectivity index (χ4n) is 3.96. The minimum atomic E-state index is -0.164. The number of amides is 1. The second-order valence-corrected chi connectivity index (χ2v) is 7.28. The van der Waals surface area contributed by atoms with Gasteiger partial charge in [-0.1, -0.05) is 6.92 Å². The van der Waals surface area contributed by atoms with E-state index in [9.17, 15) is 9.59 Å². The van der Waals surface area contributed by atoms with E-state index in [1.807, 2.05) is 18.7 Å². The van der Waals surface area contributed by atoms with Crippen LogP contribution in [0.1, 0.15) is 36.6 Å². The molecule has 2 aromatic rings. The average molecular weight is 382 g/mol. The molecule has 0 aromatic carbocycles. The van der Waals surface area contributed by atoms with Crippen LogP contribution in [0.4, 0.5) is 0 Å². The first-order chi connectivity index (χ1) is 11.8. The van der Waals surface area contributed by atoms with Gasteiger partial charge in [-0.2, -0.15) is 0 Å². The van der Waals surface area contributed by atoms with Gasteiger partial charge >= 0.3 is 0 Å². The van der Waals surface area contributed by atoms with Crippen LogP contribution in [0.5, 0.6) is 0 Å². The summed E-state index contributed by atoms with van der Waals surface area (Å²) < 4.78 is 1.62. The molecule has 0 saturated carbocycles. The number of aromatic amines is 1. The number of nitrogens with zero attached hydrogens (tertiary/aromatic N) is 3. The van der Waals surface area contributed by atoms with Crippen molar-refractivity contribution in [3.8, 4) is 0 Å². The van der Waals surface area contributed by atoms with Gasteiger partial charge in [-0.3, -0.25) is 19.4 Å². The Balaban J connectivity index is 0.00000243. The van der Waals surface area contributed by atoms with E-state index in [1.54, 1.807) is 11.7 Å². The Bertz CT molecular complexity index is 873. The van der Waals surface area contributed by atoms with E-state index in [1.165, 1.54) is 0 Å². The SMILES string of the molecule is Cc1nc2c(c(C)c1CC(=O)N1CCC(C)CC1CN)c(=O)[nH]n2C.Cl. The molecule has 7 nitrogen and oxygen atoms in total. The first-order valence-electron chi connectivity index (χ1n) is 8.87. The van der Waals surface area contributed by atoms with Crippen molar-refractivity contribution in [2.24, 2.45) is 18.7 Å². The average Bonchev–Trinajstić information content (AvgIpc) is 2.84. The topological polar surface area (TPSA) is 97.0 Å². The summed E-state index contributed by atoms with van der Waals surface area (Å²) in [5, 5.41) is 3.30. The van der Waals surface area contributed by atoms with Crippen molar-refractivity contribution < 1.29 is 4.79 Å².